The molecular weight excluding hydrogens is 214 g/mol. The fourth-order valence-electron chi connectivity index (χ4n) is 1.69. The van der Waals surface area contributed by atoms with E-state index in [0.29, 0.717) is 0 Å². The molecule has 1 aromatic rings. The van der Waals surface area contributed by atoms with E-state index in [2.05, 4.69) is 38.1 Å². The van der Waals surface area contributed by atoms with Gasteiger partial charge in [0.1, 0.15) is 5.60 Å². The molecule has 0 fully saturated rings. The zero-order valence-corrected chi connectivity index (χ0v) is 11.9. The molecule has 0 spiro atoms. The van der Waals surface area contributed by atoms with Gasteiger partial charge in [-0.15, -0.1) is 0 Å². The Morgan fingerprint density at radius 3 is 2.53 bits per heavy atom. The van der Waals surface area contributed by atoms with Crippen LogP contribution in [0.1, 0.15) is 45.4 Å². The zero-order chi connectivity index (χ0) is 13.1. The summed E-state index contributed by atoms with van der Waals surface area (Å²) in [6.45, 7) is 12.2. The van der Waals surface area contributed by atoms with Gasteiger partial charge in [0.15, 0.2) is 0 Å². The minimum Gasteiger partial charge on any atom is -0.472 e. The molecule has 4 heteroatoms. The summed E-state index contributed by atoms with van der Waals surface area (Å²) >= 11 is 0. The Bertz CT molecular complexity index is 363. The van der Waals surface area contributed by atoms with Gasteiger partial charge >= 0.3 is 0 Å². The van der Waals surface area contributed by atoms with Crippen molar-refractivity contribution in [3.05, 3.63) is 11.3 Å². The predicted molar refractivity (Wildman–Crippen MR) is 70.3 cm³/mol. The molecule has 0 saturated heterocycles. The lowest BCUT2D eigenvalue weighted by molar-refractivity contribution is 0.115. The highest BCUT2D eigenvalue weighted by molar-refractivity contribution is 5.31. The van der Waals surface area contributed by atoms with E-state index in [1.54, 1.807) is 0 Å². The van der Waals surface area contributed by atoms with E-state index in [0.717, 1.165) is 36.6 Å². The van der Waals surface area contributed by atoms with Crippen molar-refractivity contribution in [2.24, 2.45) is 7.05 Å². The van der Waals surface area contributed by atoms with Crippen molar-refractivity contribution >= 4 is 0 Å². The van der Waals surface area contributed by atoms with Crippen LogP contribution in [0.25, 0.3) is 0 Å². The lowest BCUT2D eigenvalue weighted by Gasteiger charge is -2.22. The molecule has 0 amide bonds. The molecule has 4 nitrogen and oxygen atoms in total. The number of hydrogen-bond acceptors (Lipinski definition) is 3. The van der Waals surface area contributed by atoms with E-state index in [9.17, 15) is 0 Å². The van der Waals surface area contributed by atoms with Crippen molar-refractivity contribution in [1.29, 1.82) is 0 Å². The van der Waals surface area contributed by atoms with Gasteiger partial charge in [0.25, 0.3) is 0 Å². The van der Waals surface area contributed by atoms with E-state index < -0.39 is 0 Å². The van der Waals surface area contributed by atoms with Crippen LogP contribution in [0.4, 0.5) is 0 Å². The van der Waals surface area contributed by atoms with Gasteiger partial charge < -0.3 is 10.1 Å². The fraction of sp³-hybridized carbons (Fsp3) is 0.769. The Morgan fingerprint density at radius 1 is 1.35 bits per heavy atom. The summed E-state index contributed by atoms with van der Waals surface area (Å²) in [4.78, 5) is 0. The summed E-state index contributed by atoms with van der Waals surface area (Å²) in [5.41, 5.74) is 2.01. The Balaban J connectivity index is 2.86. The lowest BCUT2D eigenvalue weighted by atomic mass is 10.2. The first-order valence-corrected chi connectivity index (χ1v) is 6.27. The second kappa shape index (κ2) is 5.54. The zero-order valence-electron chi connectivity index (χ0n) is 11.9. The lowest BCUT2D eigenvalue weighted by Crippen LogP contribution is -2.25. The van der Waals surface area contributed by atoms with Crippen LogP contribution in [-0.4, -0.2) is 21.9 Å². The molecule has 1 N–H and O–H groups in total. The molecule has 98 valence electrons. The third kappa shape index (κ3) is 4.04. The standard InChI is InChI=1S/C13H25N3O/c1-7-8-14-9-11-10(2)15-16(6)12(11)17-13(3,4)5/h14H,7-9H2,1-6H3. The number of aryl methyl sites for hydroxylation is 2. The topological polar surface area (TPSA) is 39.1 Å². The molecule has 1 aromatic heterocycles. The van der Waals surface area contributed by atoms with Crippen LogP contribution in [0.2, 0.25) is 0 Å². The number of hydrogen-bond donors (Lipinski definition) is 1. The molecule has 0 aliphatic rings. The molecule has 0 bridgehead atoms. The summed E-state index contributed by atoms with van der Waals surface area (Å²) in [7, 11) is 1.93. The molecule has 1 heterocycles. The van der Waals surface area contributed by atoms with Crippen molar-refractivity contribution in [1.82, 2.24) is 15.1 Å². The number of nitrogens with zero attached hydrogens (tertiary/aromatic N) is 2. The Morgan fingerprint density at radius 2 is 2.00 bits per heavy atom. The summed E-state index contributed by atoms with van der Waals surface area (Å²) in [6.07, 6.45) is 1.13. The third-order valence-electron chi connectivity index (χ3n) is 2.42. The van der Waals surface area contributed by atoms with E-state index in [-0.39, 0.29) is 5.60 Å². The Labute approximate surface area is 104 Å². The van der Waals surface area contributed by atoms with Crippen LogP contribution in [-0.2, 0) is 13.6 Å². The molecule has 1 rings (SSSR count). The number of ether oxygens (including phenoxy) is 1. The summed E-state index contributed by atoms with van der Waals surface area (Å²) in [5.74, 6) is 0.874. The van der Waals surface area contributed by atoms with Crippen molar-refractivity contribution in [2.75, 3.05) is 6.54 Å². The van der Waals surface area contributed by atoms with Crippen LogP contribution < -0.4 is 10.1 Å². The summed E-state index contributed by atoms with van der Waals surface area (Å²) in [6, 6.07) is 0. The molecule has 0 aliphatic heterocycles. The van der Waals surface area contributed by atoms with Crippen molar-refractivity contribution in [2.45, 2.75) is 53.2 Å². The van der Waals surface area contributed by atoms with Crippen molar-refractivity contribution in [3.8, 4) is 5.88 Å². The van der Waals surface area contributed by atoms with Gasteiger partial charge in [-0.1, -0.05) is 6.92 Å². The monoisotopic (exact) mass is 239 g/mol. The molecular formula is C13H25N3O. The molecule has 0 aromatic carbocycles. The summed E-state index contributed by atoms with van der Waals surface area (Å²) in [5, 5.41) is 7.82. The minimum absolute atomic E-state index is 0.195. The quantitative estimate of drug-likeness (QED) is 0.802. The highest BCUT2D eigenvalue weighted by Crippen LogP contribution is 2.25. The van der Waals surface area contributed by atoms with Crippen LogP contribution >= 0.6 is 0 Å². The maximum Gasteiger partial charge on any atom is 0.216 e. The second-order valence-corrected chi connectivity index (χ2v) is 5.38. The molecule has 17 heavy (non-hydrogen) atoms. The highest BCUT2D eigenvalue weighted by Gasteiger charge is 2.20. The molecule has 0 unspecified atom stereocenters. The van der Waals surface area contributed by atoms with Gasteiger partial charge in [0.2, 0.25) is 5.88 Å². The van der Waals surface area contributed by atoms with E-state index in [4.69, 9.17) is 4.74 Å². The van der Waals surface area contributed by atoms with Gasteiger partial charge in [-0.05, 0) is 40.7 Å². The maximum absolute atomic E-state index is 5.98. The first kappa shape index (κ1) is 14.0. The molecule has 0 atom stereocenters. The predicted octanol–water partition coefficient (Wildman–Crippen LogP) is 2.41. The molecule has 0 aliphatic carbocycles. The summed E-state index contributed by atoms with van der Waals surface area (Å²) < 4.78 is 7.80. The first-order valence-electron chi connectivity index (χ1n) is 6.27. The van der Waals surface area contributed by atoms with Crippen molar-refractivity contribution in [3.63, 3.8) is 0 Å². The number of rotatable bonds is 5. The third-order valence-corrected chi connectivity index (χ3v) is 2.42. The maximum atomic E-state index is 5.98. The van der Waals surface area contributed by atoms with E-state index in [1.807, 2.05) is 18.7 Å². The normalized spacial score (nSPS) is 11.9. The van der Waals surface area contributed by atoms with Gasteiger partial charge in [0.05, 0.1) is 11.3 Å². The van der Waals surface area contributed by atoms with Crippen molar-refractivity contribution < 1.29 is 4.74 Å². The number of aromatic nitrogens is 2. The number of nitrogens with one attached hydrogen (secondary N) is 1. The Kier molecular flexibility index (Phi) is 4.57. The average Bonchev–Trinajstić information content (AvgIpc) is 2.42. The van der Waals surface area contributed by atoms with Gasteiger partial charge in [-0.3, -0.25) is 0 Å². The van der Waals surface area contributed by atoms with E-state index in [1.165, 1.54) is 0 Å². The average molecular weight is 239 g/mol. The van der Waals surface area contributed by atoms with Crippen LogP contribution in [0.5, 0.6) is 5.88 Å². The fourth-order valence-corrected chi connectivity index (χ4v) is 1.69. The highest BCUT2D eigenvalue weighted by atomic mass is 16.5. The SMILES string of the molecule is CCCNCc1c(C)nn(C)c1OC(C)(C)C. The molecule has 0 saturated carbocycles. The van der Waals surface area contributed by atoms with Crippen LogP contribution in [0, 0.1) is 6.92 Å². The molecule has 0 radical (unpaired) electrons. The first-order chi connectivity index (χ1) is 7.85. The smallest absolute Gasteiger partial charge is 0.216 e. The Hall–Kier alpha value is -1.03. The van der Waals surface area contributed by atoms with E-state index >= 15 is 0 Å². The van der Waals surface area contributed by atoms with Gasteiger partial charge in [-0.2, -0.15) is 5.10 Å². The van der Waals surface area contributed by atoms with Crippen LogP contribution in [0.15, 0.2) is 0 Å². The van der Waals surface area contributed by atoms with Gasteiger partial charge in [-0.25, -0.2) is 4.68 Å². The minimum atomic E-state index is -0.195. The second-order valence-electron chi connectivity index (χ2n) is 5.38. The van der Waals surface area contributed by atoms with Crippen LogP contribution in [0.3, 0.4) is 0 Å². The van der Waals surface area contributed by atoms with Gasteiger partial charge in [0, 0.05) is 13.6 Å². The largest absolute Gasteiger partial charge is 0.472 e.